The molecule has 1 aliphatic heterocycles. The largest absolute Gasteiger partial charge is 0.466 e. The van der Waals surface area contributed by atoms with E-state index in [4.69, 9.17) is 4.74 Å². The molecule has 0 aliphatic carbocycles. The van der Waals surface area contributed by atoms with Crippen molar-refractivity contribution in [3.05, 3.63) is 22.4 Å². The number of piperidine rings is 1. The normalized spacial score (nSPS) is 19.9. The van der Waals surface area contributed by atoms with Crippen molar-refractivity contribution in [1.82, 2.24) is 10.2 Å². The molecule has 1 aromatic rings. The van der Waals surface area contributed by atoms with Crippen LogP contribution in [0, 0.1) is 11.8 Å². The lowest BCUT2D eigenvalue weighted by atomic mass is 9.98. The Kier molecular flexibility index (Phi) is 7.56. The number of guanidine groups is 1. The van der Waals surface area contributed by atoms with Crippen LogP contribution in [0.4, 0.5) is 0 Å². The molecular formula is C18H29N3O2S. The number of aliphatic imine (C=N–C) groups is 1. The summed E-state index contributed by atoms with van der Waals surface area (Å²) in [5.41, 5.74) is 0. The molecule has 2 unspecified atom stereocenters. The molecule has 0 saturated carbocycles. The number of hydrogen-bond donors (Lipinski definition) is 1. The van der Waals surface area contributed by atoms with E-state index in [9.17, 15) is 4.79 Å². The molecule has 2 rings (SSSR count). The van der Waals surface area contributed by atoms with Crippen LogP contribution in [-0.4, -0.2) is 50.1 Å². The van der Waals surface area contributed by atoms with Crippen molar-refractivity contribution < 1.29 is 9.53 Å². The average molecular weight is 352 g/mol. The van der Waals surface area contributed by atoms with Gasteiger partial charge in [0.2, 0.25) is 0 Å². The standard InChI is InChI=1S/C18H29N3O2S/c1-4-23-17(22)15-7-5-9-21(13-15)18(19-3)20-12-14(2)11-16-8-6-10-24-16/h6,8,10,14-15H,4-5,7,9,11-13H2,1-3H3,(H,19,20). The van der Waals surface area contributed by atoms with E-state index in [2.05, 4.69) is 39.6 Å². The highest BCUT2D eigenvalue weighted by atomic mass is 32.1. The molecule has 0 spiro atoms. The fraction of sp³-hybridized carbons (Fsp3) is 0.667. The third-order valence-corrected chi connectivity index (χ3v) is 5.19. The summed E-state index contributed by atoms with van der Waals surface area (Å²) in [5.74, 6) is 1.30. The maximum Gasteiger partial charge on any atom is 0.310 e. The predicted molar refractivity (Wildman–Crippen MR) is 99.5 cm³/mol. The smallest absolute Gasteiger partial charge is 0.310 e. The van der Waals surface area contributed by atoms with Gasteiger partial charge in [-0.1, -0.05) is 13.0 Å². The van der Waals surface area contributed by atoms with E-state index in [1.807, 2.05) is 18.3 Å². The lowest BCUT2D eigenvalue weighted by Gasteiger charge is -2.34. The fourth-order valence-corrected chi connectivity index (χ4v) is 3.93. The van der Waals surface area contributed by atoms with Gasteiger partial charge in [0, 0.05) is 31.6 Å². The Balaban J connectivity index is 1.83. The molecule has 2 heterocycles. The van der Waals surface area contributed by atoms with Gasteiger partial charge in [-0.15, -0.1) is 11.3 Å². The predicted octanol–water partition coefficient (Wildman–Crippen LogP) is 2.78. The molecule has 0 amide bonds. The first-order chi connectivity index (χ1) is 11.6. The summed E-state index contributed by atoms with van der Waals surface area (Å²) in [6, 6.07) is 4.28. The van der Waals surface area contributed by atoms with E-state index in [0.29, 0.717) is 19.1 Å². The van der Waals surface area contributed by atoms with Crippen molar-refractivity contribution in [3.63, 3.8) is 0 Å². The number of rotatable bonds is 6. The first-order valence-corrected chi connectivity index (χ1v) is 9.66. The molecular weight excluding hydrogens is 322 g/mol. The molecule has 0 radical (unpaired) electrons. The van der Waals surface area contributed by atoms with E-state index in [0.717, 1.165) is 38.3 Å². The second-order valence-corrected chi connectivity index (χ2v) is 7.39. The molecule has 1 aromatic heterocycles. The number of likely N-dealkylation sites (tertiary alicyclic amines) is 1. The number of ether oxygens (including phenoxy) is 1. The quantitative estimate of drug-likeness (QED) is 0.486. The summed E-state index contributed by atoms with van der Waals surface area (Å²) in [7, 11) is 1.81. The zero-order valence-corrected chi connectivity index (χ0v) is 15.8. The second-order valence-electron chi connectivity index (χ2n) is 6.35. The number of carbonyl (C=O) groups excluding carboxylic acids is 1. The van der Waals surface area contributed by atoms with E-state index in [-0.39, 0.29) is 11.9 Å². The van der Waals surface area contributed by atoms with E-state index in [1.54, 1.807) is 7.05 Å². The number of hydrogen-bond acceptors (Lipinski definition) is 4. The van der Waals surface area contributed by atoms with Crippen LogP contribution in [0.25, 0.3) is 0 Å². The number of nitrogens with one attached hydrogen (secondary N) is 1. The van der Waals surface area contributed by atoms with Gasteiger partial charge in [-0.05, 0) is 43.6 Å². The molecule has 24 heavy (non-hydrogen) atoms. The van der Waals surface area contributed by atoms with Crippen molar-refractivity contribution in [2.45, 2.75) is 33.1 Å². The van der Waals surface area contributed by atoms with Crippen LogP contribution in [0.15, 0.2) is 22.5 Å². The minimum absolute atomic E-state index is 0.0409. The van der Waals surface area contributed by atoms with Crippen LogP contribution in [0.1, 0.15) is 31.6 Å². The molecule has 0 bridgehead atoms. The molecule has 1 saturated heterocycles. The highest BCUT2D eigenvalue weighted by molar-refractivity contribution is 7.09. The summed E-state index contributed by atoms with van der Waals surface area (Å²) >= 11 is 1.81. The monoisotopic (exact) mass is 351 g/mol. The lowest BCUT2D eigenvalue weighted by molar-refractivity contribution is -0.149. The number of thiophene rings is 1. The summed E-state index contributed by atoms with van der Waals surface area (Å²) in [6.07, 6.45) is 2.98. The van der Waals surface area contributed by atoms with Crippen molar-refractivity contribution in [3.8, 4) is 0 Å². The highest BCUT2D eigenvalue weighted by Crippen LogP contribution is 2.18. The van der Waals surface area contributed by atoms with Crippen LogP contribution >= 0.6 is 11.3 Å². The third-order valence-electron chi connectivity index (χ3n) is 4.29. The zero-order chi connectivity index (χ0) is 17.4. The minimum Gasteiger partial charge on any atom is -0.466 e. The first kappa shape index (κ1) is 18.8. The van der Waals surface area contributed by atoms with Gasteiger partial charge in [0.25, 0.3) is 0 Å². The maximum absolute atomic E-state index is 12.0. The number of nitrogens with zero attached hydrogens (tertiary/aromatic N) is 2. The summed E-state index contributed by atoms with van der Waals surface area (Å²) in [5, 5.41) is 5.59. The zero-order valence-electron chi connectivity index (χ0n) is 15.0. The molecule has 1 aliphatic rings. The van der Waals surface area contributed by atoms with Crippen LogP contribution in [0.2, 0.25) is 0 Å². The van der Waals surface area contributed by atoms with Crippen LogP contribution in [-0.2, 0) is 16.0 Å². The SMILES string of the molecule is CCOC(=O)C1CCCN(C(=NC)NCC(C)Cc2cccs2)C1. The van der Waals surface area contributed by atoms with Crippen LogP contribution in [0.3, 0.4) is 0 Å². The first-order valence-electron chi connectivity index (χ1n) is 8.78. The van der Waals surface area contributed by atoms with Gasteiger partial charge in [0.05, 0.1) is 12.5 Å². The Hall–Kier alpha value is -1.56. The van der Waals surface area contributed by atoms with Crippen molar-refractivity contribution in [2.75, 3.05) is 33.3 Å². The van der Waals surface area contributed by atoms with Gasteiger partial charge in [0.15, 0.2) is 5.96 Å². The molecule has 6 heteroatoms. The maximum atomic E-state index is 12.0. The summed E-state index contributed by atoms with van der Waals surface area (Å²) in [4.78, 5) is 20.0. The minimum atomic E-state index is -0.0799. The van der Waals surface area contributed by atoms with Gasteiger partial charge in [-0.3, -0.25) is 9.79 Å². The Morgan fingerprint density at radius 2 is 2.42 bits per heavy atom. The number of carbonyl (C=O) groups is 1. The van der Waals surface area contributed by atoms with Crippen LogP contribution in [0.5, 0.6) is 0 Å². The fourth-order valence-electron chi connectivity index (χ4n) is 3.06. The molecule has 1 fully saturated rings. The van der Waals surface area contributed by atoms with E-state index in [1.165, 1.54) is 4.88 Å². The highest BCUT2D eigenvalue weighted by Gasteiger charge is 2.28. The molecule has 1 N–H and O–H groups in total. The third kappa shape index (κ3) is 5.51. The van der Waals surface area contributed by atoms with Gasteiger partial charge in [-0.25, -0.2) is 0 Å². The topological polar surface area (TPSA) is 53.9 Å². The van der Waals surface area contributed by atoms with Crippen LogP contribution < -0.4 is 5.32 Å². The summed E-state index contributed by atoms with van der Waals surface area (Å²) in [6.45, 7) is 7.06. The molecule has 0 aromatic carbocycles. The molecule has 5 nitrogen and oxygen atoms in total. The van der Waals surface area contributed by atoms with E-state index >= 15 is 0 Å². The molecule has 2 atom stereocenters. The van der Waals surface area contributed by atoms with Gasteiger partial charge < -0.3 is 15.0 Å². The Morgan fingerprint density at radius 3 is 3.08 bits per heavy atom. The summed E-state index contributed by atoms with van der Waals surface area (Å²) < 4.78 is 5.18. The van der Waals surface area contributed by atoms with Crippen molar-refractivity contribution >= 4 is 23.3 Å². The Morgan fingerprint density at radius 1 is 1.58 bits per heavy atom. The Labute approximate surface area is 149 Å². The second kappa shape index (κ2) is 9.67. The van der Waals surface area contributed by atoms with Gasteiger partial charge in [-0.2, -0.15) is 0 Å². The lowest BCUT2D eigenvalue weighted by Crippen LogP contribution is -2.49. The van der Waals surface area contributed by atoms with Gasteiger partial charge in [0.1, 0.15) is 0 Å². The van der Waals surface area contributed by atoms with E-state index < -0.39 is 0 Å². The number of esters is 1. The van der Waals surface area contributed by atoms with Gasteiger partial charge >= 0.3 is 5.97 Å². The van der Waals surface area contributed by atoms with Crippen molar-refractivity contribution in [1.29, 1.82) is 0 Å². The van der Waals surface area contributed by atoms with Crippen molar-refractivity contribution in [2.24, 2.45) is 16.8 Å². The molecule has 134 valence electrons. The average Bonchev–Trinajstić information content (AvgIpc) is 3.09. The Bertz CT molecular complexity index is 530.